The molecule has 0 bridgehead atoms. The van der Waals surface area contributed by atoms with Gasteiger partial charge in [0.2, 0.25) is 5.91 Å². The number of carbonyl (C=O) groups excluding carboxylic acids is 1. The van der Waals surface area contributed by atoms with Gasteiger partial charge in [-0.05, 0) is 29.7 Å². The number of benzene rings is 3. The Morgan fingerprint density at radius 1 is 0.821 bits per heavy atom. The van der Waals surface area contributed by atoms with Gasteiger partial charge in [0, 0.05) is 4.90 Å². The van der Waals surface area contributed by atoms with Crippen LogP contribution >= 0.6 is 0 Å². The molecule has 3 atom stereocenters. The molecule has 3 nitrogen and oxygen atoms in total. The Bertz CT molecular complexity index is 920. The molecule has 3 unspecified atom stereocenters. The number of nitrogens with zero attached hydrogens (tertiary/aromatic N) is 1. The summed E-state index contributed by atoms with van der Waals surface area (Å²) < 4.78 is 13.4. The van der Waals surface area contributed by atoms with Crippen LogP contribution in [0.25, 0.3) is 0 Å². The summed E-state index contributed by atoms with van der Waals surface area (Å²) in [7, 11) is -1.29. The minimum atomic E-state index is -1.29. The Kier molecular flexibility index (Phi) is 5.40. The summed E-state index contributed by atoms with van der Waals surface area (Å²) in [6.07, 6.45) is 0.689. The zero-order chi connectivity index (χ0) is 19.5. The third-order valence-corrected chi connectivity index (χ3v) is 7.06. The maximum Gasteiger partial charge on any atom is 0.230 e. The van der Waals surface area contributed by atoms with Crippen LogP contribution < -0.4 is 0 Å². The minimum absolute atomic E-state index is 0.0782. The van der Waals surface area contributed by atoms with E-state index in [4.69, 9.17) is 0 Å². The molecule has 1 saturated heterocycles. The number of amides is 1. The van der Waals surface area contributed by atoms with E-state index in [1.165, 1.54) is 0 Å². The first-order valence-corrected chi connectivity index (χ1v) is 10.8. The van der Waals surface area contributed by atoms with Crippen LogP contribution in [0.1, 0.15) is 30.5 Å². The van der Waals surface area contributed by atoms with E-state index in [9.17, 15) is 9.00 Å². The van der Waals surface area contributed by atoms with Gasteiger partial charge in [-0.1, -0.05) is 85.8 Å². The van der Waals surface area contributed by atoms with Gasteiger partial charge < -0.3 is 4.90 Å². The van der Waals surface area contributed by atoms with Gasteiger partial charge >= 0.3 is 0 Å². The van der Waals surface area contributed by atoms with Crippen LogP contribution in [0.5, 0.6) is 0 Å². The highest BCUT2D eigenvalue weighted by Gasteiger charge is 2.53. The molecule has 0 aliphatic carbocycles. The molecule has 1 fully saturated rings. The van der Waals surface area contributed by atoms with E-state index < -0.39 is 10.8 Å². The normalized spacial score (nSPS) is 20.1. The summed E-state index contributed by atoms with van der Waals surface area (Å²) in [6, 6.07) is 29.2. The molecular formula is C24H23NO2S. The average molecular weight is 390 g/mol. The standard InChI is InChI=1S/C24H23NO2S/c1-2-21-23(26)25(24(21)28(27)20-16-10-5-11-17-20)22(18-12-6-3-7-13-18)19-14-8-4-9-15-19/h3-17,21-22,24H,2H2,1H3. The van der Waals surface area contributed by atoms with Crippen LogP contribution in [0.3, 0.4) is 0 Å². The lowest BCUT2D eigenvalue weighted by Crippen LogP contribution is -2.63. The van der Waals surface area contributed by atoms with Gasteiger partial charge in [-0.2, -0.15) is 0 Å². The third kappa shape index (κ3) is 3.29. The first kappa shape index (κ1) is 18.6. The summed E-state index contributed by atoms with van der Waals surface area (Å²) in [6.45, 7) is 2.00. The minimum Gasteiger partial charge on any atom is -0.315 e. The quantitative estimate of drug-likeness (QED) is 0.569. The van der Waals surface area contributed by atoms with Crippen molar-refractivity contribution in [1.29, 1.82) is 0 Å². The van der Waals surface area contributed by atoms with Crippen LogP contribution in [0.4, 0.5) is 0 Å². The lowest BCUT2D eigenvalue weighted by Gasteiger charge is -2.50. The lowest BCUT2D eigenvalue weighted by atomic mass is 9.88. The van der Waals surface area contributed by atoms with E-state index in [1.54, 1.807) is 0 Å². The first-order chi connectivity index (χ1) is 13.7. The molecule has 1 amide bonds. The number of hydrogen-bond acceptors (Lipinski definition) is 2. The van der Waals surface area contributed by atoms with Crippen molar-refractivity contribution < 1.29 is 9.00 Å². The van der Waals surface area contributed by atoms with Crippen molar-refractivity contribution in [3.8, 4) is 0 Å². The van der Waals surface area contributed by atoms with Gasteiger partial charge in [0.05, 0.1) is 22.8 Å². The number of hydrogen-bond donors (Lipinski definition) is 0. The van der Waals surface area contributed by atoms with Gasteiger partial charge in [-0.25, -0.2) is 0 Å². The van der Waals surface area contributed by atoms with Gasteiger partial charge in [0.15, 0.2) is 0 Å². The molecule has 28 heavy (non-hydrogen) atoms. The van der Waals surface area contributed by atoms with Gasteiger partial charge in [0.25, 0.3) is 0 Å². The molecular weight excluding hydrogens is 366 g/mol. The van der Waals surface area contributed by atoms with E-state index in [-0.39, 0.29) is 23.2 Å². The Morgan fingerprint density at radius 2 is 1.29 bits per heavy atom. The van der Waals surface area contributed by atoms with Crippen LogP contribution in [0.2, 0.25) is 0 Å². The topological polar surface area (TPSA) is 37.4 Å². The summed E-state index contributed by atoms with van der Waals surface area (Å²) in [5.74, 6) is -0.134. The summed E-state index contributed by atoms with van der Waals surface area (Å²) >= 11 is 0. The molecule has 1 aliphatic heterocycles. The van der Waals surface area contributed by atoms with E-state index in [2.05, 4.69) is 0 Å². The molecule has 4 heteroatoms. The molecule has 4 rings (SSSR count). The predicted molar refractivity (Wildman–Crippen MR) is 112 cm³/mol. The SMILES string of the molecule is CCC1C(=O)N(C(c2ccccc2)c2ccccc2)C1S(=O)c1ccccc1. The first-order valence-electron chi connectivity index (χ1n) is 9.60. The highest BCUT2D eigenvalue weighted by Crippen LogP contribution is 2.43. The highest BCUT2D eigenvalue weighted by molar-refractivity contribution is 7.85. The van der Waals surface area contributed by atoms with E-state index in [0.29, 0.717) is 6.42 Å². The fourth-order valence-electron chi connectivity index (χ4n) is 3.93. The van der Waals surface area contributed by atoms with E-state index in [0.717, 1.165) is 16.0 Å². The Labute approximate surface area is 168 Å². The number of likely N-dealkylation sites (tertiary alicyclic amines) is 1. The molecule has 0 saturated carbocycles. The number of rotatable bonds is 6. The summed E-state index contributed by atoms with van der Waals surface area (Å²) in [5, 5.41) is -0.328. The van der Waals surface area contributed by atoms with Gasteiger partial charge in [0.1, 0.15) is 5.37 Å². The monoisotopic (exact) mass is 389 g/mol. The molecule has 1 aliphatic rings. The van der Waals surface area contributed by atoms with Crippen molar-refractivity contribution in [3.05, 3.63) is 102 Å². The maximum absolute atomic E-state index is 13.4. The van der Waals surface area contributed by atoms with Crippen LogP contribution in [-0.2, 0) is 15.6 Å². The predicted octanol–water partition coefficient (Wildman–Crippen LogP) is 4.78. The van der Waals surface area contributed by atoms with Crippen molar-refractivity contribution in [2.24, 2.45) is 5.92 Å². The Balaban J connectivity index is 1.78. The smallest absolute Gasteiger partial charge is 0.230 e. The second-order valence-electron chi connectivity index (χ2n) is 6.99. The maximum atomic E-state index is 13.4. The van der Waals surface area contributed by atoms with E-state index >= 15 is 0 Å². The molecule has 0 aromatic heterocycles. The number of β-lactam (4-membered cyclic amide) rings is 1. The van der Waals surface area contributed by atoms with Crippen LogP contribution in [-0.4, -0.2) is 20.4 Å². The fraction of sp³-hybridized carbons (Fsp3) is 0.208. The molecule has 1 heterocycles. The molecule has 0 N–H and O–H groups in total. The summed E-state index contributed by atoms with van der Waals surface area (Å²) in [5.41, 5.74) is 2.07. The third-order valence-electron chi connectivity index (χ3n) is 5.33. The van der Waals surface area contributed by atoms with Gasteiger partial charge in [-0.3, -0.25) is 9.00 Å². The van der Waals surface area contributed by atoms with Crippen molar-refractivity contribution in [1.82, 2.24) is 4.90 Å². The Hall–Kier alpha value is -2.72. The van der Waals surface area contributed by atoms with E-state index in [1.807, 2.05) is 103 Å². The molecule has 3 aromatic carbocycles. The average Bonchev–Trinajstić information content (AvgIpc) is 2.77. The largest absolute Gasteiger partial charge is 0.315 e. The van der Waals surface area contributed by atoms with Crippen molar-refractivity contribution >= 4 is 16.7 Å². The zero-order valence-corrected chi connectivity index (χ0v) is 16.6. The molecule has 3 aromatic rings. The van der Waals surface area contributed by atoms with Crippen LogP contribution in [0, 0.1) is 5.92 Å². The fourth-order valence-corrected chi connectivity index (χ4v) is 5.68. The van der Waals surface area contributed by atoms with Crippen molar-refractivity contribution in [2.75, 3.05) is 0 Å². The molecule has 0 spiro atoms. The second-order valence-corrected chi connectivity index (χ2v) is 8.53. The highest BCUT2D eigenvalue weighted by atomic mass is 32.2. The van der Waals surface area contributed by atoms with Crippen LogP contribution in [0.15, 0.2) is 95.9 Å². The zero-order valence-electron chi connectivity index (χ0n) is 15.8. The van der Waals surface area contributed by atoms with Crippen molar-refractivity contribution in [2.45, 2.75) is 29.7 Å². The van der Waals surface area contributed by atoms with Crippen molar-refractivity contribution in [3.63, 3.8) is 0 Å². The lowest BCUT2D eigenvalue weighted by molar-refractivity contribution is -0.153. The molecule has 142 valence electrons. The summed E-state index contributed by atoms with van der Waals surface area (Å²) in [4.78, 5) is 15.7. The molecule has 0 radical (unpaired) electrons. The Morgan fingerprint density at radius 3 is 1.75 bits per heavy atom. The number of carbonyl (C=O) groups is 1. The van der Waals surface area contributed by atoms with Gasteiger partial charge in [-0.15, -0.1) is 0 Å². The second kappa shape index (κ2) is 8.11.